The Bertz CT molecular complexity index is 431. The van der Waals surface area contributed by atoms with Gasteiger partial charge in [0.05, 0.1) is 6.10 Å². The van der Waals surface area contributed by atoms with Crippen molar-refractivity contribution in [3.63, 3.8) is 0 Å². The van der Waals surface area contributed by atoms with Crippen LogP contribution in [0.2, 0.25) is 0 Å². The molecule has 3 fully saturated rings. The maximum Gasteiger partial charge on any atom is 0.104 e. The Morgan fingerprint density at radius 3 is 2.85 bits per heavy atom. The van der Waals surface area contributed by atoms with Crippen molar-refractivity contribution < 1.29 is 9.50 Å². The highest BCUT2D eigenvalue weighted by Gasteiger charge is 2.55. The van der Waals surface area contributed by atoms with Crippen molar-refractivity contribution in [3.05, 3.63) is 11.6 Å². The van der Waals surface area contributed by atoms with Crippen LogP contribution in [0.3, 0.4) is 0 Å². The molecule has 4 aliphatic rings. The third-order valence-corrected chi connectivity index (χ3v) is 7.34. The number of fused-ring (bicyclic) bond motifs is 5. The third-order valence-electron chi connectivity index (χ3n) is 7.34. The molecule has 112 valence electrons. The lowest BCUT2D eigenvalue weighted by Crippen LogP contribution is -2.47. The van der Waals surface area contributed by atoms with Crippen LogP contribution in [0.4, 0.5) is 4.39 Å². The maximum atomic E-state index is 13.6. The molecule has 0 saturated heterocycles. The predicted molar refractivity (Wildman–Crippen MR) is 78.0 cm³/mol. The van der Waals surface area contributed by atoms with Gasteiger partial charge in [0.25, 0.3) is 0 Å². The number of rotatable bonds is 0. The molecule has 0 spiro atoms. The molecule has 4 rings (SSSR count). The van der Waals surface area contributed by atoms with Crippen molar-refractivity contribution >= 4 is 0 Å². The fourth-order valence-corrected chi connectivity index (χ4v) is 6.19. The highest BCUT2D eigenvalue weighted by Crippen LogP contribution is 2.61. The SMILES string of the molecule is CC12CCC3C4CCC(F)CC4=CCC3C1CCC2O. The minimum absolute atomic E-state index is 0.0830. The van der Waals surface area contributed by atoms with Crippen LogP contribution in [0, 0.1) is 29.1 Å². The van der Waals surface area contributed by atoms with Crippen molar-refractivity contribution in [2.45, 2.75) is 70.6 Å². The Labute approximate surface area is 121 Å². The zero-order valence-corrected chi connectivity index (χ0v) is 12.5. The number of hydrogen-bond donors (Lipinski definition) is 1. The van der Waals surface area contributed by atoms with Crippen molar-refractivity contribution in [2.24, 2.45) is 29.1 Å². The second kappa shape index (κ2) is 4.56. The summed E-state index contributed by atoms with van der Waals surface area (Å²) < 4.78 is 13.6. The number of halogens is 1. The van der Waals surface area contributed by atoms with Gasteiger partial charge in [0.15, 0.2) is 0 Å². The zero-order chi connectivity index (χ0) is 13.9. The first kappa shape index (κ1) is 13.3. The van der Waals surface area contributed by atoms with E-state index in [1.165, 1.54) is 24.8 Å². The molecule has 7 atom stereocenters. The molecule has 7 unspecified atom stereocenters. The Morgan fingerprint density at radius 1 is 1.15 bits per heavy atom. The van der Waals surface area contributed by atoms with Crippen molar-refractivity contribution in [2.75, 3.05) is 0 Å². The van der Waals surface area contributed by atoms with Crippen LogP contribution in [0.1, 0.15) is 58.3 Å². The summed E-state index contributed by atoms with van der Waals surface area (Å²) in [5.41, 5.74) is 1.61. The summed E-state index contributed by atoms with van der Waals surface area (Å²) in [5, 5.41) is 10.4. The number of hydrogen-bond acceptors (Lipinski definition) is 1. The summed E-state index contributed by atoms with van der Waals surface area (Å²) in [6.45, 7) is 2.32. The van der Waals surface area contributed by atoms with Gasteiger partial charge in [-0.05, 0) is 80.5 Å². The van der Waals surface area contributed by atoms with E-state index in [-0.39, 0.29) is 11.5 Å². The van der Waals surface area contributed by atoms with Crippen molar-refractivity contribution in [1.29, 1.82) is 0 Å². The normalized spacial score (nSPS) is 54.6. The highest BCUT2D eigenvalue weighted by atomic mass is 19.1. The highest BCUT2D eigenvalue weighted by molar-refractivity contribution is 5.20. The monoisotopic (exact) mass is 278 g/mol. The van der Waals surface area contributed by atoms with Gasteiger partial charge in [-0.15, -0.1) is 0 Å². The van der Waals surface area contributed by atoms with E-state index in [2.05, 4.69) is 13.0 Å². The van der Waals surface area contributed by atoms with Gasteiger partial charge in [-0.3, -0.25) is 0 Å². The average Bonchev–Trinajstić information content (AvgIpc) is 2.74. The van der Waals surface area contributed by atoms with E-state index < -0.39 is 6.17 Å². The van der Waals surface area contributed by atoms with Crippen LogP contribution in [0.15, 0.2) is 11.6 Å². The van der Waals surface area contributed by atoms with Gasteiger partial charge in [-0.1, -0.05) is 18.6 Å². The van der Waals surface area contributed by atoms with Crippen LogP contribution >= 0.6 is 0 Å². The summed E-state index contributed by atoms with van der Waals surface area (Å²) in [6, 6.07) is 0. The first-order chi connectivity index (χ1) is 9.59. The van der Waals surface area contributed by atoms with E-state index in [0.717, 1.165) is 37.5 Å². The summed E-state index contributed by atoms with van der Waals surface area (Å²) in [6.07, 6.45) is 10.1. The lowest BCUT2D eigenvalue weighted by molar-refractivity contribution is -0.0484. The van der Waals surface area contributed by atoms with Crippen molar-refractivity contribution in [3.8, 4) is 0 Å². The molecular weight excluding hydrogens is 251 g/mol. The Morgan fingerprint density at radius 2 is 2.00 bits per heavy atom. The second-order valence-electron chi connectivity index (χ2n) is 8.07. The molecule has 3 saturated carbocycles. The van der Waals surface area contributed by atoms with Crippen LogP contribution in [-0.2, 0) is 0 Å². The van der Waals surface area contributed by atoms with Gasteiger partial charge in [0.1, 0.15) is 6.17 Å². The number of aliphatic hydroxyl groups is 1. The number of alkyl halides is 1. The molecule has 2 heteroatoms. The smallest absolute Gasteiger partial charge is 0.104 e. The Kier molecular flexibility index (Phi) is 3.03. The van der Waals surface area contributed by atoms with Crippen LogP contribution in [0.5, 0.6) is 0 Å². The fraction of sp³-hybridized carbons (Fsp3) is 0.889. The largest absolute Gasteiger partial charge is 0.393 e. The number of allylic oxidation sites excluding steroid dienone is 2. The van der Waals surface area contributed by atoms with Gasteiger partial charge >= 0.3 is 0 Å². The van der Waals surface area contributed by atoms with E-state index in [4.69, 9.17) is 0 Å². The topological polar surface area (TPSA) is 20.2 Å². The summed E-state index contributed by atoms with van der Waals surface area (Å²) in [4.78, 5) is 0. The van der Waals surface area contributed by atoms with Gasteiger partial charge in [-0.25, -0.2) is 4.39 Å². The molecular formula is C18H27FO. The maximum absolute atomic E-state index is 13.6. The second-order valence-corrected chi connectivity index (χ2v) is 8.07. The van der Waals surface area contributed by atoms with Gasteiger partial charge in [0.2, 0.25) is 0 Å². The third kappa shape index (κ3) is 1.76. The zero-order valence-electron chi connectivity index (χ0n) is 12.5. The van der Waals surface area contributed by atoms with E-state index in [9.17, 15) is 9.50 Å². The number of aliphatic hydroxyl groups excluding tert-OH is 1. The lowest BCUT2D eigenvalue weighted by Gasteiger charge is -2.53. The molecule has 0 bridgehead atoms. The Hall–Kier alpha value is -0.370. The predicted octanol–water partition coefficient (Wildman–Crippen LogP) is 4.26. The fourth-order valence-electron chi connectivity index (χ4n) is 6.19. The molecule has 0 aromatic rings. The first-order valence-corrected chi connectivity index (χ1v) is 8.60. The van der Waals surface area contributed by atoms with Gasteiger partial charge < -0.3 is 5.11 Å². The molecule has 4 aliphatic carbocycles. The van der Waals surface area contributed by atoms with E-state index in [1.807, 2.05) is 0 Å². The Balaban J connectivity index is 1.62. The van der Waals surface area contributed by atoms with Gasteiger partial charge in [-0.2, -0.15) is 0 Å². The molecule has 0 radical (unpaired) electrons. The van der Waals surface area contributed by atoms with E-state index in [1.54, 1.807) is 0 Å². The standard InChI is InChI=1S/C18H27FO/c1-18-9-8-14-13-5-3-12(19)10-11(13)2-4-15(14)16(18)6-7-17(18)20/h2,12-17,20H,3-10H2,1H3. The molecule has 0 aromatic carbocycles. The molecule has 20 heavy (non-hydrogen) atoms. The van der Waals surface area contributed by atoms with Crippen LogP contribution in [-0.4, -0.2) is 17.4 Å². The molecule has 0 aliphatic heterocycles. The molecule has 1 N–H and O–H groups in total. The molecule has 1 nitrogen and oxygen atoms in total. The van der Waals surface area contributed by atoms with Crippen molar-refractivity contribution in [1.82, 2.24) is 0 Å². The minimum atomic E-state index is -0.587. The average molecular weight is 278 g/mol. The summed E-state index contributed by atoms with van der Waals surface area (Å²) >= 11 is 0. The summed E-state index contributed by atoms with van der Waals surface area (Å²) in [7, 11) is 0. The quantitative estimate of drug-likeness (QED) is 0.656. The lowest BCUT2D eigenvalue weighted by atomic mass is 9.53. The molecule has 0 heterocycles. The van der Waals surface area contributed by atoms with Gasteiger partial charge in [0, 0.05) is 0 Å². The minimum Gasteiger partial charge on any atom is -0.393 e. The van der Waals surface area contributed by atoms with E-state index in [0.29, 0.717) is 18.3 Å². The molecule has 0 aromatic heterocycles. The molecule has 0 amide bonds. The first-order valence-electron chi connectivity index (χ1n) is 8.60. The summed E-state index contributed by atoms with van der Waals surface area (Å²) in [5.74, 6) is 2.92. The van der Waals surface area contributed by atoms with Crippen LogP contribution < -0.4 is 0 Å². The van der Waals surface area contributed by atoms with E-state index >= 15 is 0 Å². The van der Waals surface area contributed by atoms with Crippen LogP contribution in [0.25, 0.3) is 0 Å².